The zero-order valence-corrected chi connectivity index (χ0v) is 72.3. The molecular weight excluding hydrogens is 1600 g/mol. The van der Waals surface area contributed by atoms with Crippen molar-refractivity contribution in [3.05, 3.63) is 522 Å². The molecule has 0 radical (unpaired) electrons. The second-order valence-electron chi connectivity index (χ2n) is 33.5. The van der Waals surface area contributed by atoms with E-state index in [1.807, 2.05) is 12.1 Å². The number of fused-ring (bicyclic) bond motifs is 6. The number of para-hydroxylation sites is 7. The number of hydrogen-bond donors (Lipinski definition) is 0. The first kappa shape index (κ1) is 79.1. The van der Waals surface area contributed by atoms with Gasteiger partial charge in [-0.2, -0.15) is 0 Å². The fourth-order valence-corrected chi connectivity index (χ4v) is 18.9. The lowest BCUT2D eigenvalue weighted by Gasteiger charge is -2.26. The highest BCUT2D eigenvalue weighted by Gasteiger charge is 2.26. The first-order valence-corrected chi connectivity index (χ1v) is 45.0. The van der Waals surface area contributed by atoms with Crippen molar-refractivity contribution < 1.29 is 8.83 Å². The van der Waals surface area contributed by atoms with Crippen LogP contribution in [0.4, 0.5) is 68.2 Å². The number of anilines is 12. The molecule has 6 nitrogen and oxygen atoms in total. The third-order valence-electron chi connectivity index (χ3n) is 25.4. The Balaban J connectivity index is 0.502. The van der Waals surface area contributed by atoms with Gasteiger partial charge >= 0.3 is 0 Å². The molecule has 21 aromatic carbocycles. The quantitative estimate of drug-likeness (QED) is 0.0673. The zero-order chi connectivity index (χ0) is 87.6. The van der Waals surface area contributed by atoms with Gasteiger partial charge in [0.05, 0.1) is 11.4 Å². The van der Waals surface area contributed by atoms with Gasteiger partial charge in [0.25, 0.3) is 0 Å². The molecule has 0 fully saturated rings. The molecule has 0 N–H and O–H groups in total. The van der Waals surface area contributed by atoms with E-state index < -0.39 is 0 Å². The van der Waals surface area contributed by atoms with Crippen LogP contribution in [0.15, 0.2) is 531 Å². The van der Waals surface area contributed by atoms with E-state index in [9.17, 15) is 0 Å². The van der Waals surface area contributed by atoms with E-state index in [4.69, 9.17) is 8.83 Å². The third kappa shape index (κ3) is 15.6. The number of hydrogen-bond acceptors (Lipinski definition) is 6. The third-order valence-corrected chi connectivity index (χ3v) is 25.4. The highest BCUT2D eigenvalue weighted by molar-refractivity contribution is 6.13. The molecule has 0 atom stereocenters. The Hall–Kier alpha value is -17.6. The summed E-state index contributed by atoms with van der Waals surface area (Å²) in [6, 6.07) is 188. The molecule has 622 valence electrons. The van der Waals surface area contributed by atoms with Crippen LogP contribution in [-0.2, 0) is 0 Å². The summed E-state index contributed by atoms with van der Waals surface area (Å²) >= 11 is 0. The van der Waals surface area contributed by atoms with E-state index >= 15 is 0 Å². The summed E-state index contributed by atoms with van der Waals surface area (Å²) in [6.07, 6.45) is 0. The predicted octanol–water partition coefficient (Wildman–Crippen LogP) is 36.0. The van der Waals surface area contributed by atoms with Crippen molar-refractivity contribution in [1.29, 1.82) is 0 Å². The summed E-state index contributed by atoms with van der Waals surface area (Å²) < 4.78 is 13.6. The van der Waals surface area contributed by atoms with Crippen molar-refractivity contribution in [3.8, 4) is 111 Å². The molecule has 23 rings (SSSR count). The highest BCUT2D eigenvalue weighted by atomic mass is 16.3. The van der Waals surface area contributed by atoms with E-state index in [2.05, 4.69) is 529 Å². The van der Waals surface area contributed by atoms with Gasteiger partial charge < -0.3 is 28.4 Å². The lowest BCUT2D eigenvalue weighted by atomic mass is 9.91. The molecule has 0 aliphatic rings. The number of benzene rings is 21. The normalized spacial score (nSPS) is 11.3. The maximum absolute atomic E-state index is 7.02. The summed E-state index contributed by atoms with van der Waals surface area (Å²) in [5, 5.41) is 4.29. The summed E-state index contributed by atoms with van der Waals surface area (Å²) in [5.74, 6) is 0. The zero-order valence-electron chi connectivity index (χ0n) is 72.3. The van der Waals surface area contributed by atoms with Gasteiger partial charge in [-0.05, 0) is 281 Å². The molecule has 23 aromatic rings. The molecule has 2 heterocycles. The molecular formula is C126H86N4O2. The average molecular weight is 1690 g/mol. The number of furan rings is 2. The molecule has 0 saturated carbocycles. The minimum Gasteiger partial charge on any atom is -0.454 e. The largest absolute Gasteiger partial charge is 0.454 e. The fourth-order valence-electron chi connectivity index (χ4n) is 18.9. The van der Waals surface area contributed by atoms with Gasteiger partial charge in [-0.1, -0.05) is 352 Å². The van der Waals surface area contributed by atoms with Gasteiger partial charge in [-0.25, -0.2) is 0 Å². The Kier molecular flexibility index (Phi) is 21.0. The molecule has 0 unspecified atom stereocenters. The van der Waals surface area contributed by atoms with Crippen molar-refractivity contribution in [3.63, 3.8) is 0 Å². The molecule has 6 heteroatoms. The van der Waals surface area contributed by atoms with Gasteiger partial charge in [0.2, 0.25) is 0 Å². The predicted molar refractivity (Wildman–Crippen MR) is 554 cm³/mol. The molecule has 0 aliphatic carbocycles. The lowest BCUT2D eigenvalue weighted by Crippen LogP contribution is -2.10. The van der Waals surface area contributed by atoms with Crippen molar-refractivity contribution >= 4 is 112 Å². The van der Waals surface area contributed by atoms with Crippen LogP contribution in [0.25, 0.3) is 155 Å². The second kappa shape index (κ2) is 35.0. The Bertz CT molecular complexity index is 8080. The summed E-state index contributed by atoms with van der Waals surface area (Å²) in [6.45, 7) is 0. The van der Waals surface area contributed by atoms with Crippen LogP contribution in [0.2, 0.25) is 0 Å². The van der Waals surface area contributed by atoms with E-state index in [0.29, 0.717) is 0 Å². The van der Waals surface area contributed by atoms with Gasteiger partial charge in [0.1, 0.15) is 11.2 Å². The Morgan fingerprint density at radius 3 is 0.788 bits per heavy atom. The Labute approximate surface area is 768 Å². The smallest absolute Gasteiger partial charge is 0.159 e. The highest BCUT2D eigenvalue weighted by Crippen LogP contribution is 2.50. The van der Waals surface area contributed by atoms with Crippen molar-refractivity contribution in [2.24, 2.45) is 0 Å². The van der Waals surface area contributed by atoms with Crippen LogP contribution in [0, 0.1) is 0 Å². The van der Waals surface area contributed by atoms with Crippen LogP contribution in [-0.4, -0.2) is 0 Å². The van der Waals surface area contributed by atoms with Gasteiger partial charge in [-0.15, -0.1) is 0 Å². The molecule has 0 saturated heterocycles. The molecule has 2 aromatic heterocycles. The minimum atomic E-state index is 0.809. The van der Waals surface area contributed by atoms with Crippen molar-refractivity contribution in [1.82, 2.24) is 0 Å². The van der Waals surface area contributed by atoms with Crippen LogP contribution in [0.5, 0.6) is 0 Å². The van der Waals surface area contributed by atoms with E-state index in [1.54, 1.807) is 0 Å². The lowest BCUT2D eigenvalue weighted by molar-refractivity contribution is 0.668. The van der Waals surface area contributed by atoms with Gasteiger partial charge in [0.15, 0.2) is 11.2 Å². The van der Waals surface area contributed by atoms with Crippen LogP contribution in [0.1, 0.15) is 0 Å². The summed E-state index contributed by atoms with van der Waals surface area (Å²) in [5.41, 5.74) is 38.6. The average Bonchev–Trinajstić information content (AvgIpc) is 1.58. The first-order valence-electron chi connectivity index (χ1n) is 45.0. The van der Waals surface area contributed by atoms with E-state index in [-0.39, 0.29) is 0 Å². The van der Waals surface area contributed by atoms with E-state index in [1.165, 1.54) is 27.8 Å². The second-order valence-corrected chi connectivity index (χ2v) is 33.5. The van der Waals surface area contributed by atoms with Crippen molar-refractivity contribution in [2.45, 2.75) is 0 Å². The first-order chi connectivity index (χ1) is 65.4. The Morgan fingerprint density at radius 1 is 0.121 bits per heavy atom. The fraction of sp³-hybridized carbons (Fsp3) is 0. The molecule has 0 bridgehead atoms. The topological polar surface area (TPSA) is 39.2 Å². The SMILES string of the molecule is c1ccc(-c2cccc(N(c3ccccc3)c3ccc(-c4ccc(-c5ccc(-c6ccc(N(c7ccccc7)c7cccc(-c8cccc(-c9cc(N(c%10ccccc%10)c%10ccc(-c%11cccc(-c%12ccccc%12-c%12cccc(-c%13ccc(N(c%14ccccc%14)c%14cccc%15c%14oc%14ccccc%14%15)cc%13)c%12)c%11)cc%10)c%10oc%11ccccc%11c%10c9)c8)c7)cc6)cc5)cc4)cc3)c2)cc1. The van der Waals surface area contributed by atoms with Crippen LogP contribution in [0.3, 0.4) is 0 Å². The maximum Gasteiger partial charge on any atom is 0.159 e. The molecule has 0 aliphatic heterocycles. The summed E-state index contributed by atoms with van der Waals surface area (Å²) in [4.78, 5) is 9.32. The minimum absolute atomic E-state index is 0.809. The van der Waals surface area contributed by atoms with Crippen molar-refractivity contribution in [2.75, 3.05) is 19.6 Å². The van der Waals surface area contributed by atoms with Gasteiger partial charge in [-0.3, -0.25) is 0 Å². The summed E-state index contributed by atoms with van der Waals surface area (Å²) in [7, 11) is 0. The molecule has 132 heavy (non-hydrogen) atoms. The maximum atomic E-state index is 7.02. The number of nitrogens with zero attached hydrogens (tertiary/aromatic N) is 4. The monoisotopic (exact) mass is 1690 g/mol. The number of rotatable bonds is 22. The molecule has 0 amide bonds. The standard InChI is InChI=1S/C126H86N4O2/c1-6-28-87(29-7-1)100-34-25-46-113(83-100)127(105-38-8-2-9-39-105)109-72-64-92(65-73-109)90-60-56-88(57-61-90)89-58-62-91(63-59-89)93-66-74-110(75-67-93)128(106-40-10-3-11-41-106)114-47-26-35-101(84-114)98-32-22-33-99(80-98)104-85-120-118-51-19-21-55-124(118)132-126(120)122(86-104)130(108-44-14-5-15-45-108)112-78-70-95(71-79-112)97-31-24-37-103(82-97)116-49-17-16-48-115(116)102-36-23-30-96(81-102)94-68-76-111(77-69-94)129(107-42-12-4-13-43-107)121-53-27-52-119-117-50-18-20-54-123(117)131-125(119)121/h1-86H. The van der Waals surface area contributed by atoms with Crippen LogP contribution < -0.4 is 19.6 Å². The van der Waals surface area contributed by atoms with E-state index in [0.717, 1.165) is 196 Å². The van der Waals surface area contributed by atoms with Gasteiger partial charge in [0, 0.05) is 78.4 Å². The Morgan fingerprint density at radius 2 is 0.364 bits per heavy atom. The molecule has 0 spiro atoms. The van der Waals surface area contributed by atoms with Crippen LogP contribution >= 0.6 is 0 Å².